The van der Waals surface area contributed by atoms with Crippen LogP contribution in [0.3, 0.4) is 0 Å². The molecule has 1 aliphatic carbocycles. The molecule has 7 nitrogen and oxygen atoms in total. The molecule has 1 aliphatic heterocycles. The first-order valence-corrected chi connectivity index (χ1v) is 14.3. The maximum Gasteiger partial charge on any atom is 0.228 e. The first-order valence-electron chi connectivity index (χ1n) is 14.3. The highest BCUT2D eigenvalue weighted by Crippen LogP contribution is 2.38. The van der Waals surface area contributed by atoms with Crippen LogP contribution in [0.25, 0.3) is 22.0 Å². The molecule has 6 rings (SSSR count). The van der Waals surface area contributed by atoms with Gasteiger partial charge in [0.1, 0.15) is 5.75 Å². The van der Waals surface area contributed by atoms with Gasteiger partial charge < -0.3 is 20.5 Å². The van der Waals surface area contributed by atoms with Gasteiger partial charge in [-0.3, -0.25) is 0 Å². The summed E-state index contributed by atoms with van der Waals surface area (Å²) < 4.78 is 6.61. The van der Waals surface area contributed by atoms with E-state index in [1.54, 1.807) is 12.4 Å². The minimum absolute atomic E-state index is 0.215. The van der Waals surface area contributed by atoms with Crippen molar-refractivity contribution in [3.63, 3.8) is 0 Å². The van der Waals surface area contributed by atoms with E-state index in [1.165, 1.54) is 17.4 Å². The molecule has 3 atom stereocenters. The number of hydrogen-bond acceptors (Lipinski definition) is 7. The van der Waals surface area contributed by atoms with Gasteiger partial charge in [-0.2, -0.15) is 0 Å². The van der Waals surface area contributed by atoms with Gasteiger partial charge in [-0.1, -0.05) is 43.2 Å². The molecule has 4 aromatic rings. The number of aryl methyl sites for hydroxylation is 1. The molecule has 2 aliphatic rings. The van der Waals surface area contributed by atoms with Gasteiger partial charge in [0.2, 0.25) is 11.8 Å². The fourth-order valence-corrected chi connectivity index (χ4v) is 6.03. The number of fused-ring (bicyclic) bond motifs is 1. The van der Waals surface area contributed by atoms with E-state index in [4.69, 9.17) is 9.72 Å². The number of aliphatic hydroxyl groups is 1. The van der Waals surface area contributed by atoms with Crippen LogP contribution in [0.1, 0.15) is 49.7 Å². The van der Waals surface area contributed by atoms with Crippen molar-refractivity contribution in [3.8, 4) is 22.9 Å². The van der Waals surface area contributed by atoms with E-state index in [0.717, 1.165) is 79.6 Å². The van der Waals surface area contributed by atoms with Crippen LogP contribution in [-0.2, 0) is 6.42 Å². The van der Waals surface area contributed by atoms with Gasteiger partial charge >= 0.3 is 0 Å². The second-order valence-electron chi connectivity index (χ2n) is 11.0. The Morgan fingerprint density at radius 2 is 1.87 bits per heavy atom. The summed E-state index contributed by atoms with van der Waals surface area (Å²) in [5, 5.41) is 19.7. The highest BCUT2D eigenvalue weighted by molar-refractivity contribution is 5.92. The van der Waals surface area contributed by atoms with Gasteiger partial charge in [0.25, 0.3) is 0 Å². The van der Waals surface area contributed by atoms with Crippen molar-refractivity contribution in [2.45, 2.75) is 64.0 Å². The standard InChI is InChI=1S/C32H37N5O2/c1-21-13-14-25-22(19-23-7-2-3-12-29(23)38)8-4-10-26(25)30(21)39-31-27(11-6-17-34-31)28-15-18-35-32(37-28)36-24-9-5-16-33-20-24/h4,6,8,10-11,13-15,17-18,23-24,29,33,38H,2-3,5,7,9,12,16,19-20H2,1H3,(H,35,36,37)/t23-,24+,29+/m1/s1. The molecule has 2 aromatic carbocycles. The summed E-state index contributed by atoms with van der Waals surface area (Å²) in [6.07, 6.45) is 10.8. The Bertz CT molecular complexity index is 1440. The van der Waals surface area contributed by atoms with Crippen LogP contribution >= 0.6 is 0 Å². The van der Waals surface area contributed by atoms with Gasteiger partial charge in [-0.25, -0.2) is 15.0 Å². The van der Waals surface area contributed by atoms with E-state index in [2.05, 4.69) is 57.9 Å². The Labute approximate surface area is 230 Å². The average Bonchev–Trinajstić information content (AvgIpc) is 2.97. The van der Waals surface area contributed by atoms with Crippen molar-refractivity contribution in [1.29, 1.82) is 0 Å². The SMILES string of the molecule is Cc1ccc2c(C[C@H]3CCCC[C@@H]3O)cccc2c1Oc1ncccc1-c1ccnc(N[C@H]2CCCNC2)n1. The van der Waals surface area contributed by atoms with Gasteiger partial charge in [0.05, 0.1) is 17.4 Å². The summed E-state index contributed by atoms with van der Waals surface area (Å²) in [4.78, 5) is 13.9. The summed E-state index contributed by atoms with van der Waals surface area (Å²) in [6, 6.07) is 16.8. The number of nitrogens with zero attached hydrogens (tertiary/aromatic N) is 3. The van der Waals surface area contributed by atoms with Crippen LogP contribution in [0.4, 0.5) is 5.95 Å². The quantitative estimate of drug-likeness (QED) is 0.272. The number of benzene rings is 2. The summed E-state index contributed by atoms with van der Waals surface area (Å²) in [5.74, 6) is 2.25. The van der Waals surface area contributed by atoms with Crippen LogP contribution < -0.4 is 15.4 Å². The molecular formula is C32H37N5O2. The fourth-order valence-electron chi connectivity index (χ4n) is 6.03. The van der Waals surface area contributed by atoms with Gasteiger partial charge in [-0.05, 0) is 86.2 Å². The van der Waals surface area contributed by atoms with E-state index in [-0.39, 0.29) is 6.10 Å². The number of piperidine rings is 1. The third-order valence-electron chi connectivity index (χ3n) is 8.18. The molecule has 202 valence electrons. The number of hydrogen-bond donors (Lipinski definition) is 3. The monoisotopic (exact) mass is 523 g/mol. The predicted octanol–water partition coefficient (Wildman–Crippen LogP) is 6.05. The van der Waals surface area contributed by atoms with Crippen LogP contribution in [0, 0.1) is 12.8 Å². The Morgan fingerprint density at radius 1 is 0.949 bits per heavy atom. The summed E-state index contributed by atoms with van der Waals surface area (Å²) in [5.41, 5.74) is 3.89. The van der Waals surface area contributed by atoms with Gasteiger partial charge in [-0.15, -0.1) is 0 Å². The largest absolute Gasteiger partial charge is 0.437 e. The van der Waals surface area contributed by atoms with Crippen molar-refractivity contribution >= 4 is 16.7 Å². The molecule has 0 unspecified atom stereocenters. The van der Waals surface area contributed by atoms with E-state index < -0.39 is 0 Å². The molecule has 2 aromatic heterocycles. The maximum atomic E-state index is 10.6. The Balaban J connectivity index is 1.31. The van der Waals surface area contributed by atoms with Crippen molar-refractivity contribution in [2.24, 2.45) is 5.92 Å². The number of nitrogens with one attached hydrogen (secondary N) is 2. The third kappa shape index (κ3) is 5.75. The van der Waals surface area contributed by atoms with Crippen LogP contribution in [0.5, 0.6) is 11.6 Å². The molecule has 0 spiro atoms. The predicted molar refractivity (Wildman–Crippen MR) is 155 cm³/mol. The Morgan fingerprint density at radius 3 is 2.74 bits per heavy atom. The van der Waals surface area contributed by atoms with Crippen LogP contribution in [0.15, 0.2) is 60.9 Å². The molecule has 39 heavy (non-hydrogen) atoms. The van der Waals surface area contributed by atoms with Crippen molar-refractivity contribution in [1.82, 2.24) is 20.3 Å². The second-order valence-corrected chi connectivity index (χ2v) is 11.0. The summed E-state index contributed by atoms with van der Waals surface area (Å²) in [6.45, 7) is 4.05. The topological polar surface area (TPSA) is 92.2 Å². The number of ether oxygens (including phenoxy) is 1. The number of aromatic nitrogens is 3. The highest BCUT2D eigenvalue weighted by atomic mass is 16.5. The lowest BCUT2D eigenvalue weighted by molar-refractivity contribution is 0.0702. The molecule has 7 heteroatoms. The normalized spacial score (nSPS) is 21.5. The van der Waals surface area contributed by atoms with Crippen molar-refractivity contribution in [3.05, 3.63) is 72.1 Å². The lowest BCUT2D eigenvalue weighted by Gasteiger charge is -2.28. The molecule has 1 saturated carbocycles. The number of pyridine rings is 1. The lowest BCUT2D eigenvalue weighted by atomic mass is 9.81. The van der Waals surface area contributed by atoms with Gasteiger partial charge in [0.15, 0.2) is 0 Å². The number of aliphatic hydroxyl groups excluding tert-OH is 1. The second kappa shape index (κ2) is 11.7. The van der Waals surface area contributed by atoms with E-state index in [9.17, 15) is 5.11 Å². The van der Waals surface area contributed by atoms with E-state index >= 15 is 0 Å². The molecule has 1 saturated heterocycles. The number of rotatable bonds is 7. The van der Waals surface area contributed by atoms with Crippen LogP contribution in [0.2, 0.25) is 0 Å². The first-order chi connectivity index (χ1) is 19.2. The van der Waals surface area contributed by atoms with Gasteiger partial charge in [0, 0.05) is 30.4 Å². The summed E-state index contributed by atoms with van der Waals surface area (Å²) in [7, 11) is 0. The Kier molecular flexibility index (Phi) is 7.70. The molecule has 0 bridgehead atoms. The Hall–Kier alpha value is -3.55. The first kappa shape index (κ1) is 25.7. The smallest absolute Gasteiger partial charge is 0.228 e. The number of anilines is 1. The zero-order valence-corrected chi connectivity index (χ0v) is 22.6. The molecule has 0 radical (unpaired) electrons. The molecule has 0 amide bonds. The molecular weight excluding hydrogens is 486 g/mol. The lowest BCUT2D eigenvalue weighted by Crippen LogP contribution is -2.38. The average molecular weight is 524 g/mol. The van der Waals surface area contributed by atoms with E-state index in [0.29, 0.717) is 23.8 Å². The zero-order chi connectivity index (χ0) is 26.6. The van der Waals surface area contributed by atoms with Crippen LogP contribution in [-0.4, -0.2) is 45.3 Å². The third-order valence-corrected chi connectivity index (χ3v) is 8.18. The highest BCUT2D eigenvalue weighted by Gasteiger charge is 2.24. The fraction of sp³-hybridized carbons (Fsp3) is 0.406. The zero-order valence-electron chi connectivity index (χ0n) is 22.6. The molecule has 3 N–H and O–H groups in total. The van der Waals surface area contributed by atoms with Crippen molar-refractivity contribution in [2.75, 3.05) is 18.4 Å². The van der Waals surface area contributed by atoms with Crippen molar-refractivity contribution < 1.29 is 9.84 Å². The molecule has 3 heterocycles. The minimum Gasteiger partial charge on any atom is -0.437 e. The molecule has 2 fully saturated rings. The minimum atomic E-state index is -0.215. The van der Waals surface area contributed by atoms with E-state index in [1.807, 2.05) is 18.2 Å². The summed E-state index contributed by atoms with van der Waals surface area (Å²) >= 11 is 0. The maximum absolute atomic E-state index is 10.6.